The molecule has 0 aliphatic carbocycles. The minimum atomic E-state index is -0.0312. The molecule has 1 amide bonds. The number of hydrogen-bond donors (Lipinski definition) is 0. The zero-order valence-corrected chi connectivity index (χ0v) is 8.14. The smallest absolute Gasteiger partial charge is 0.243 e. The van der Waals surface area contributed by atoms with Gasteiger partial charge >= 0.3 is 0 Å². The van der Waals surface area contributed by atoms with Gasteiger partial charge in [0.1, 0.15) is 0 Å². The molecule has 0 aromatic heterocycles. The van der Waals surface area contributed by atoms with Gasteiger partial charge in [-0.1, -0.05) is 30.3 Å². The van der Waals surface area contributed by atoms with E-state index < -0.39 is 0 Å². The SMILES string of the molecule is CC(=O)N1OCC[C@H]1c1ccccc1. The molecule has 1 aliphatic heterocycles. The topological polar surface area (TPSA) is 29.5 Å². The fourth-order valence-electron chi connectivity index (χ4n) is 1.76. The molecule has 74 valence electrons. The maximum Gasteiger partial charge on any atom is 0.243 e. The fraction of sp³-hybridized carbons (Fsp3) is 0.364. The van der Waals surface area contributed by atoms with E-state index >= 15 is 0 Å². The van der Waals surface area contributed by atoms with Crippen LogP contribution in [0, 0.1) is 0 Å². The average molecular weight is 191 g/mol. The lowest BCUT2D eigenvalue weighted by atomic mass is 10.1. The van der Waals surface area contributed by atoms with Gasteiger partial charge in [-0.25, -0.2) is 5.06 Å². The first-order valence-electron chi connectivity index (χ1n) is 4.76. The number of rotatable bonds is 1. The van der Waals surface area contributed by atoms with E-state index in [0.29, 0.717) is 6.61 Å². The van der Waals surface area contributed by atoms with E-state index in [1.165, 1.54) is 12.0 Å². The first-order chi connectivity index (χ1) is 6.79. The minimum absolute atomic E-state index is 0.0312. The van der Waals surface area contributed by atoms with Gasteiger partial charge in [-0.05, 0) is 5.56 Å². The van der Waals surface area contributed by atoms with Crippen molar-refractivity contribution < 1.29 is 9.63 Å². The number of hydroxylamine groups is 2. The standard InChI is InChI=1S/C11H13NO2/c1-9(13)12-11(7-8-14-12)10-5-3-2-4-6-10/h2-6,11H,7-8H2,1H3/t11-/m0/s1. The first kappa shape index (κ1) is 9.21. The molecule has 1 saturated heterocycles. The third kappa shape index (κ3) is 1.63. The van der Waals surface area contributed by atoms with Crippen LogP contribution < -0.4 is 0 Å². The minimum Gasteiger partial charge on any atom is -0.273 e. The second-order valence-corrected chi connectivity index (χ2v) is 3.39. The van der Waals surface area contributed by atoms with Crippen molar-refractivity contribution in [3.8, 4) is 0 Å². The van der Waals surface area contributed by atoms with Gasteiger partial charge in [-0.2, -0.15) is 0 Å². The predicted molar refractivity (Wildman–Crippen MR) is 52.3 cm³/mol. The summed E-state index contributed by atoms with van der Waals surface area (Å²) in [6.07, 6.45) is 0.879. The third-order valence-corrected chi connectivity index (χ3v) is 2.40. The fourth-order valence-corrected chi connectivity index (χ4v) is 1.76. The van der Waals surface area contributed by atoms with Crippen molar-refractivity contribution in [3.05, 3.63) is 35.9 Å². The first-order valence-corrected chi connectivity index (χ1v) is 4.76. The Hall–Kier alpha value is -1.35. The summed E-state index contributed by atoms with van der Waals surface area (Å²) in [6.45, 7) is 2.15. The van der Waals surface area contributed by atoms with Crippen LogP contribution in [0.2, 0.25) is 0 Å². The molecule has 1 aromatic carbocycles. The van der Waals surface area contributed by atoms with Crippen LogP contribution in [0.4, 0.5) is 0 Å². The van der Waals surface area contributed by atoms with E-state index in [4.69, 9.17) is 4.84 Å². The Kier molecular flexibility index (Phi) is 2.50. The lowest BCUT2D eigenvalue weighted by molar-refractivity contribution is -0.174. The van der Waals surface area contributed by atoms with Gasteiger partial charge in [-0.3, -0.25) is 9.63 Å². The summed E-state index contributed by atoms with van der Waals surface area (Å²) in [4.78, 5) is 16.5. The average Bonchev–Trinajstić information content (AvgIpc) is 2.67. The van der Waals surface area contributed by atoms with Crippen LogP contribution in [-0.2, 0) is 9.63 Å². The molecular weight excluding hydrogens is 178 g/mol. The number of amides is 1. The van der Waals surface area contributed by atoms with Crippen LogP contribution in [0.1, 0.15) is 24.9 Å². The molecular formula is C11H13NO2. The molecule has 14 heavy (non-hydrogen) atoms. The molecule has 0 spiro atoms. The van der Waals surface area contributed by atoms with Crippen LogP contribution in [0.5, 0.6) is 0 Å². The summed E-state index contributed by atoms with van der Waals surface area (Å²) in [5.41, 5.74) is 1.14. The summed E-state index contributed by atoms with van der Waals surface area (Å²) in [7, 11) is 0. The highest BCUT2D eigenvalue weighted by molar-refractivity contribution is 5.72. The Bertz CT molecular complexity index is 323. The molecule has 2 rings (SSSR count). The van der Waals surface area contributed by atoms with E-state index in [1.807, 2.05) is 30.3 Å². The zero-order chi connectivity index (χ0) is 9.97. The molecule has 1 aliphatic rings. The highest BCUT2D eigenvalue weighted by Gasteiger charge is 2.29. The Labute approximate surface area is 83.2 Å². The van der Waals surface area contributed by atoms with E-state index in [2.05, 4.69) is 0 Å². The molecule has 1 heterocycles. The highest BCUT2D eigenvalue weighted by atomic mass is 16.7. The maximum absolute atomic E-state index is 11.2. The molecule has 0 saturated carbocycles. The lowest BCUT2D eigenvalue weighted by Crippen LogP contribution is -2.26. The van der Waals surface area contributed by atoms with E-state index in [9.17, 15) is 4.79 Å². The Morgan fingerprint density at radius 2 is 2.14 bits per heavy atom. The zero-order valence-electron chi connectivity index (χ0n) is 8.14. The van der Waals surface area contributed by atoms with Crippen molar-refractivity contribution in [2.24, 2.45) is 0 Å². The van der Waals surface area contributed by atoms with Gasteiger partial charge in [-0.15, -0.1) is 0 Å². The predicted octanol–water partition coefficient (Wildman–Crippen LogP) is 1.91. The summed E-state index contributed by atoms with van der Waals surface area (Å²) in [6, 6.07) is 10.1. The second-order valence-electron chi connectivity index (χ2n) is 3.39. The Morgan fingerprint density at radius 3 is 2.79 bits per heavy atom. The molecule has 3 nitrogen and oxygen atoms in total. The second kappa shape index (κ2) is 3.80. The van der Waals surface area contributed by atoms with Gasteiger partial charge in [0.2, 0.25) is 5.91 Å². The van der Waals surface area contributed by atoms with Crippen LogP contribution in [0.25, 0.3) is 0 Å². The molecule has 0 N–H and O–H groups in total. The van der Waals surface area contributed by atoms with Crippen molar-refractivity contribution in [1.82, 2.24) is 5.06 Å². The van der Waals surface area contributed by atoms with Crippen molar-refractivity contribution in [2.45, 2.75) is 19.4 Å². The van der Waals surface area contributed by atoms with Crippen LogP contribution in [-0.4, -0.2) is 17.6 Å². The summed E-state index contributed by atoms with van der Waals surface area (Å²) in [5.74, 6) is -0.0312. The summed E-state index contributed by atoms with van der Waals surface area (Å²) >= 11 is 0. The number of hydrogen-bond acceptors (Lipinski definition) is 2. The van der Waals surface area contributed by atoms with E-state index in [1.54, 1.807) is 0 Å². The van der Waals surface area contributed by atoms with Crippen molar-refractivity contribution in [1.29, 1.82) is 0 Å². The number of carbonyl (C=O) groups is 1. The number of benzene rings is 1. The molecule has 0 unspecified atom stereocenters. The molecule has 1 atom stereocenters. The molecule has 1 fully saturated rings. The van der Waals surface area contributed by atoms with Gasteiger partial charge < -0.3 is 0 Å². The van der Waals surface area contributed by atoms with Crippen molar-refractivity contribution in [3.63, 3.8) is 0 Å². The quantitative estimate of drug-likeness (QED) is 0.678. The molecule has 0 bridgehead atoms. The maximum atomic E-state index is 11.2. The van der Waals surface area contributed by atoms with Crippen molar-refractivity contribution in [2.75, 3.05) is 6.61 Å². The third-order valence-electron chi connectivity index (χ3n) is 2.40. The number of carbonyl (C=O) groups excluding carboxylic acids is 1. The highest BCUT2D eigenvalue weighted by Crippen LogP contribution is 2.29. The number of nitrogens with zero attached hydrogens (tertiary/aromatic N) is 1. The van der Waals surface area contributed by atoms with Crippen LogP contribution in [0.3, 0.4) is 0 Å². The van der Waals surface area contributed by atoms with Gasteiger partial charge in [0.05, 0.1) is 12.6 Å². The van der Waals surface area contributed by atoms with E-state index in [0.717, 1.165) is 12.0 Å². The van der Waals surface area contributed by atoms with Crippen LogP contribution >= 0.6 is 0 Å². The molecule has 1 aromatic rings. The van der Waals surface area contributed by atoms with Gasteiger partial charge in [0, 0.05) is 13.3 Å². The Balaban J connectivity index is 2.22. The van der Waals surface area contributed by atoms with Crippen LogP contribution in [0.15, 0.2) is 30.3 Å². The van der Waals surface area contributed by atoms with Gasteiger partial charge in [0.25, 0.3) is 0 Å². The lowest BCUT2D eigenvalue weighted by Gasteiger charge is -2.20. The Morgan fingerprint density at radius 1 is 1.43 bits per heavy atom. The normalized spacial score (nSPS) is 21.2. The largest absolute Gasteiger partial charge is 0.273 e. The van der Waals surface area contributed by atoms with Gasteiger partial charge in [0.15, 0.2) is 0 Å². The van der Waals surface area contributed by atoms with E-state index in [-0.39, 0.29) is 11.9 Å². The summed E-state index contributed by atoms with van der Waals surface area (Å²) < 4.78 is 0. The van der Waals surface area contributed by atoms with Crippen molar-refractivity contribution >= 4 is 5.91 Å². The summed E-state index contributed by atoms with van der Waals surface area (Å²) in [5, 5.41) is 1.47. The molecule has 0 radical (unpaired) electrons. The molecule has 3 heteroatoms. The monoisotopic (exact) mass is 191 g/mol.